The summed E-state index contributed by atoms with van der Waals surface area (Å²) in [5.74, 6) is -0.394. The molecule has 2 aromatic rings. The predicted octanol–water partition coefficient (Wildman–Crippen LogP) is 3.75. The predicted molar refractivity (Wildman–Crippen MR) is 118 cm³/mol. The molecule has 1 N–H and O–H groups in total. The number of ether oxygens (including phenoxy) is 1. The number of likely N-dealkylation sites (tertiary alicyclic amines) is 1. The molecular weight excluding hydrogens is 376 g/mol. The van der Waals surface area contributed by atoms with Crippen molar-refractivity contribution in [3.63, 3.8) is 0 Å². The van der Waals surface area contributed by atoms with Crippen molar-refractivity contribution < 1.29 is 14.3 Å². The van der Waals surface area contributed by atoms with Gasteiger partial charge in [0.05, 0.1) is 13.2 Å². The van der Waals surface area contributed by atoms with Crippen molar-refractivity contribution in [2.45, 2.75) is 39.3 Å². The number of ketones is 1. The first-order valence-electron chi connectivity index (χ1n) is 10.8. The van der Waals surface area contributed by atoms with E-state index < -0.39 is 5.41 Å². The zero-order valence-corrected chi connectivity index (χ0v) is 18.0. The highest BCUT2D eigenvalue weighted by Gasteiger charge is 2.52. The molecule has 1 unspecified atom stereocenters. The molecule has 160 valence electrons. The van der Waals surface area contributed by atoms with Gasteiger partial charge in [-0.15, -0.1) is 0 Å². The van der Waals surface area contributed by atoms with Crippen LogP contribution >= 0.6 is 0 Å². The molecule has 0 saturated carbocycles. The Labute approximate surface area is 179 Å². The Morgan fingerprint density at radius 1 is 1.13 bits per heavy atom. The first-order chi connectivity index (χ1) is 14.5. The zero-order chi connectivity index (χ0) is 21.4. The van der Waals surface area contributed by atoms with Crippen molar-refractivity contribution in [3.05, 3.63) is 71.8 Å². The zero-order valence-electron chi connectivity index (χ0n) is 18.0. The van der Waals surface area contributed by atoms with Crippen LogP contribution in [0.25, 0.3) is 0 Å². The van der Waals surface area contributed by atoms with Gasteiger partial charge in [0, 0.05) is 19.1 Å². The molecule has 1 fully saturated rings. The number of hydrogen-bond donors (Lipinski definition) is 1. The highest BCUT2D eigenvalue weighted by molar-refractivity contribution is 6.06. The maximum Gasteiger partial charge on any atom is 0.321 e. The number of carbonyl (C=O) groups is 2. The smallest absolute Gasteiger partial charge is 0.321 e. The number of carbonyl (C=O) groups excluding carboxylic acids is 2. The van der Waals surface area contributed by atoms with E-state index in [2.05, 4.69) is 29.3 Å². The van der Waals surface area contributed by atoms with Gasteiger partial charge in [-0.1, -0.05) is 60.7 Å². The molecule has 30 heavy (non-hydrogen) atoms. The third-order valence-corrected chi connectivity index (χ3v) is 5.84. The van der Waals surface area contributed by atoms with Gasteiger partial charge in [0.15, 0.2) is 5.78 Å². The molecule has 0 amide bonds. The highest BCUT2D eigenvalue weighted by atomic mass is 16.5. The summed E-state index contributed by atoms with van der Waals surface area (Å²) in [6.45, 7) is 6.32. The Kier molecular flexibility index (Phi) is 7.77. The normalized spacial score (nSPS) is 20.3. The Morgan fingerprint density at radius 2 is 1.80 bits per heavy atom. The molecule has 0 aromatic heterocycles. The standard InChI is InChI=1S/C25H32N2O3/c1-3-30-24(29)25(15-10-16-26-20(2)22-13-8-5-9-14-22)19-27(18-23(25)28)17-21-11-6-4-7-12-21/h4-9,11-14,20,26H,3,10,15-19H2,1-2H3/t20-,25?/m1/s1. The molecule has 1 aliphatic heterocycles. The lowest BCUT2D eigenvalue weighted by Gasteiger charge is -2.26. The van der Waals surface area contributed by atoms with Crippen LogP contribution in [0.5, 0.6) is 0 Å². The van der Waals surface area contributed by atoms with Gasteiger partial charge in [0.1, 0.15) is 5.41 Å². The summed E-state index contributed by atoms with van der Waals surface area (Å²) in [4.78, 5) is 27.9. The Hall–Kier alpha value is -2.50. The summed E-state index contributed by atoms with van der Waals surface area (Å²) in [6, 6.07) is 20.5. The highest BCUT2D eigenvalue weighted by Crippen LogP contribution is 2.34. The summed E-state index contributed by atoms with van der Waals surface area (Å²) in [5.41, 5.74) is 1.31. The second-order valence-electron chi connectivity index (χ2n) is 8.05. The van der Waals surface area contributed by atoms with Crippen molar-refractivity contribution in [1.82, 2.24) is 10.2 Å². The van der Waals surface area contributed by atoms with Gasteiger partial charge in [-0.3, -0.25) is 14.5 Å². The Bertz CT molecular complexity index is 825. The first-order valence-corrected chi connectivity index (χ1v) is 10.8. The van der Waals surface area contributed by atoms with Crippen molar-refractivity contribution in [2.24, 2.45) is 5.41 Å². The maximum absolute atomic E-state index is 13.0. The average Bonchev–Trinajstić information content (AvgIpc) is 3.08. The molecule has 5 heteroatoms. The third-order valence-electron chi connectivity index (χ3n) is 5.84. The molecule has 0 spiro atoms. The van der Waals surface area contributed by atoms with E-state index in [9.17, 15) is 9.59 Å². The number of Topliss-reactive ketones (excluding diaryl/α,β-unsaturated/α-hetero) is 1. The van der Waals surface area contributed by atoms with Gasteiger partial charge < -0.3 is 10.1 Å². The fourth-order valence-corrected chi connectivity index (χ4v) is 4.17. The van der Waals surface area contributed by atoms with Gasteiger partial charge >= 0.3 is 5.97 Å². The van der Waals surface area contributed by atoms with E-state index in [1.807, 2.05) is 48.5 Å². The average molecular weight is 409 g/mol. The number of hydrogen-bond acceptors (Lipinski definition) is 5. The maximum atomic E-state index is 13.0. The summed E-state index contributed by atoms with van der Waals surface area (Å²) in [7, 11) is 0. The van der Waals surface area contributed by atoms with E-state index in [0.717, 1.165) is 18.5 Å². The summed E-state index contributed by atoms with van der Waals surface area (Å²) in [5, 5.41) is 3.50. The van der Waals surface area contributed by atoms with Crippen molar-refractivity contribution in [3.8, 4) is 0 Å². The molecule has 0 aliphatic carbocycles. The molecule has 2 atom stereocenters. The topological polar surface area (TPSA) is 58.6 Å². The third kappa shape index (κ3) is 5.35. The molecule has 0 radical (unpaired) electrons. The second kappa shape index (κ2) is 10.5. The van der Waals surface area contributed by atoms with E-state index in [4.69, 9.17) is 4.74 Å². The van der Waals surface area contributed by atoms with E-state index in [-0.39, 0.29) is 24.4 Å². The summed E-state index contributed by atoms with van der Waals surface area (Å²) >= 11 is 0. The fourth-order valence-electron chi connectivity index (χ4n) is 4.17. The Balaban J connectivity index is 1.60. The SMILES string of the molecule is CCOC(=O)C1(CCCN[C@H](C)c2ccccc2)CN(Cc2ccccc2)CC1=O. The number of nitrogens with zero attached hydrogens (tertiary/aromatic N) is 1. The van der Waals surface area contributed by atoms with Crippen molar-refractivity contribution in [1.29, 1.82) is 0 Å². The lowest BCUT2D eigenvalue weighted by atomic mass is 9.81. The van der Waals surface area contributed by atoms with E-state index in [0.29, 0.717) is 26.1 Å². The lowest BCUT2D eigenvalue weighted by molar-refractivity contribution is -0.158. The lowest BCUT2D eigenvalue weighted by Crippen LogP contribution is -2.41. The minimum Gasteiger partial charge on any atom is -0.465 e. The molecule has 1 heterocycles. The van der Waals surface area contributed by atoms with Crippen LogP contribution in [0.15, 0.2) is 60.7 Å². The minimum absolute atomic E-state index is 0.0204. The number of esters is 1. The molecular formula is C25H32N2O3. The number of nitrogens with one attached hydrogen (secondary N) is 1. The van der Waals surface area contributed by atoms with Crippen LogP contribution in [0.4, 0.5) is 0 Å². The van der Waals surface area contributed by atoms with Crippen molar-refractivity contribution in [2.75, 3.05) is 26.2 Å². The summed E-state index contributed by atoms with van der Waals surface area (Å²) in [6.07, 6.45) is 1.24. The fraction of sp³-hybridized carbons (Fsp3) is 0.440. The summed E-state index contributed by atoms with van der Waals surface area (Å²) < 4.78 is 5.34. The molecule has 5 nitrogen and oxygen atoms in total. The van der Waals surface area contributed by atoms with Gasteiger partial charge in [-0.2, -0.15) is 0 Å². The van der Waals surface area contributed by atoms with Gasteiger partial charge in [0.25, 0.3) is 0 Å². The van der Waals surface area contributed by atoms with E-state index in [1.54, 1.807) is 6.92 Å². The minimum atomic E-state index is -1.05. The molecule has 2 aromatic carbocycles. The number of benzene rings is 2. The van der Waals surface area contributed by atoms with Gasteiger partial charge in [-0.25, -0.2) is 0 Å². The van der Waals surface area contributed by atoms with Crippen LogP contribution < -0.4 is 5.32 Å². The van der Waals surface area contributed by atoms with E-state index in [1.165, 1.54) is 5.56 Å². The largest absolute Gasteiger partial charge is 0.465 e. The second-order valence-corrected chi connectivity index (χ2v) is 8.05. The van der Waals surface area contributed by atoms with Gasteiger partial charge in [-0.05, 0) is 44.4 Å². The van der Waals surface area contributed by atoms with Gasteiger partial charge in [0.2, 0.25) is 0 Å². The molecule has 3 rings (SSSR count). The van der Waals surface area contributed by atoms with Crippen LogP contribution in [0.1, 0.15) is 43.9 Å². The van der Waals surface area contributed by atoms with Crippen LogP contribution in [0.3, 0.4) is 0 Å². The first kappa shape index (κ1) is 22.2. The van der Waals surface area contributed by atoms with Crippen LogP contribution in [0.2, 0.25) is 0 Å². The molecule has 0 bridgehead atoms. The van der Waals surface area contributed by atoms with Crippen LogP contribution in [0, 0.1) is 5.41 Å². The van der Waals surface area contributed by atoms with Crippen LogP contribution in [-0.2, 0) is 20.9 Å². The van der Waals surface area contributed by atoms with Crippen molar-refractivity contribution >= 4 is 11.8 Å². The molecule has 1 aliphatic rings. The molecule has 1 saturated heterocycles. The number of rotatable bonds is 10. The monoisotopic (exact) mass is 408 g/mol. The van der Waals surface area contributed by atoms with E-state index >= 15 is 0 Å². The quantitative estimate of drug-likeness (QED) is 0.369. The Morgan fingerprint density at radius 3 is 2.47 bits per heavy atom. The van der Waals surface area contributed by atoms with Crippen LogP contribution in [-0.4, -0.2) is 42.9 Å².